The van der Waals surface area contributed by atoms with Gasteiger partial charge in [-0.3, -0.25) is 4.79 Å². The molecule has 5 nitrogen and oxygen atoms in total. The molecule has 2 bridgehead atoms. The van der Waals surface area contributed by atoms with E-state index in [1.807, 2.05) is 6.07 Å². The van der Waals surface area contributed by atoms with Gasteiger partial charge in [0.05, 0.1) is 24.3 Å². The maximum absolute atomic E-state index is 11.3. The standard InChI is InChI=1S/C15H16N2O3/c1-20-11-4-2-9(8-16)14(7-11)17-10-3-5-13(17)12(6-10)15(18)19/h2,4,7,10,12-13H,3,5-6H2,1H3,(H,18,19). The van der Waals surface area contributed by atoms with Crippen LogP contribution in [-0.2, 0) is 4.79 Å². The molecule has 0 aliphatic carbocycles. The molecule has 2 aliphatic heterocycles. The summed E-state index contributed by atoms with van der Waals surface area (Å²) in [6, 6.07) is 7.75. The minimum atomic E-state index is -0.733. The van der Waals surface area contributed by atoms with Crippen molar-refractivity contribution < 1.29 is 14.6 Å². The first-order valence-electron chi connectivity index (χ1n) is 6.75. The fourth-order valence-electron chi connectivity index (χ4n) is 3.58. The van der Waals surface area contributed by atoms with Gasteiger partial charge in [0.1, 0.15) is 11.8 Å². The molecule has 0 aromatic heterocycles. The van der Waals surface area contributed by atoms with Gasteiger partial charge in [-0.15, -0.1) is 0 Å². The number of hydrogen-bond donors (Lipinski definition) is 1. The molecule has 2 aliphatic rings. The van der Waals surface area contributed by atoms with Gasteiger partial charge in [0.15, 0.2) is 0 Å². The third-order valence-electron chi connectivity index (χ3n) is 4.46. The van der Waals surface area contributed by atoms with E-state index in [2.05, 4.69) is 11.0 Å². The van der Waals surface area contributed by atoms with Crippen molar-refractivity contribution >= 4 is 11.7 Å². The highest BCUT2D eigenvalue weighted by atomic mass is 16.5. The van der Waals surface area contributed by atoms with Crippen LogP contribution < -0.4 is 9.64 Å². The average Bonchev–Trinajstić information content (AvgIpc) is 3.04. The van der Waals surface area contributed by atoms with Gasteiger partial charge < -0.3 is 14.7 Å². The Labute approximate surface area is 117 Å². The summed E-state index contributed by atoms with van der Waals surface area (Å²) in [5, 5.41) is 18.6. The van der Waals surface area contributed by atoms with Crippen LogP contribution in [0.25, 0.3) is 0 Å². The second-order valence-corrected chi connectivity index (χ2v) is 5.38. The minimum absolute atomic E-state index is 0.00305. The summed E-state index contributed by atoms with van der Waals surface area (Å²) < 4.78 is 5.23. The van der Waals surface area contributed by atoms with Crippen molar-refractivity contribution in [1.82, 2.24) is 0 Å². The number of carboxylic acid groups (broad SMARTS) is 1. The van der Waals surface area contributed by atoms with E-state index in [0.29, 0.717) is 17.7 Å². The quantitative estimate of drug-likeness (QED) is 0.911. The van der Waals surface area contributed by atoms with Crippen LogP contribution in [0.2, 0.25) is 0 Å². The van der Waals surface area contributed by atoms with Gasteiger partial charge in [0.25, 0.3) is 0 Å². The Balaban J connectivity index is 2.02. The van der Waals surface area contributed by atoms with E-state index in [4.69, 9.17) is 4.74 Å². The number of hydrogen-bond acceptors (Lipinski definition) is 4. The number of carboxylic acids is 1. The van der Waals surface area contributed by atoms with Crippen LogP contribution in [0.5, 0.6) is 5.75 Å². The van der Waals surface area contributed by atoms with Crippen LogP contribution in [0, 0.1) is 17.2 Å². The van der Waals surface area contributed by atoms with Crippen LogP contribution in [0.3, 0.4) is 0 Å². The molecule has 104 valence electrons. The zero-order chi connectivity index (χ0) is 14.3. The molecule has 3 unspecified atom stereocenters. The number of aliphatic carboxylic acids is 1. The largest absolute Gasteiger partial charge is 0.497 e. The van der Waals surface area contributed by atoms with Crippen LogP contribution in [0.1, 0.15) is 24.8 Å². The molecule has 20 heavy (non-hydrogen) atoms. The molecular formula is C15H16N2O3. The summed E-state index contributed by atoms with van der Waals surface area (Å²) >= 11 is 0. The van der Waals surface area contributed by atoms with Crippen LogP contribution >= 0.6 is 0 Å². The van der Waals surface area contributed by atoms with Crippen molar-refractivity contribution in [2.24, 2.45) is 5.92 Å². The van der Waals surface area contributed by atoms with E-state index in [1.165, 1.54) is 0 Å². The summed E-state index contributed by atoms with van der Waals surface area (Å²) in [4.78, 5) is 13.5. The number of rotatable bonds is 3. The number of benzene rings is 1. The van der Waals surface area contributed by atoms with E-state index in [0.717, 1.165) is 18.5 Å². The van der Waals surface area contributed by atoms with Gasteiger partial charge in [-0.1, -0.05) is 0 Å². The summed E-state index contributed by atoms with van der Waals surface area (Å²) in [6.45, 7) is 0. The lowest BCUT2D eigenvalue weighted by Crippen LogP contribution is -2.33. The molecule has 2 fully saturated rings. The number of carbonyl (C=O) groups is 1. The second-order valence-electron chi connectivity index (χ2n) is 5.38. The highest BCUT2D eigenvalue weighted by Gasteiger charge is 2.49. The lowest BCUT2D eigenvalue weighted by molar-refractivity contribution is -0.142. The lowest BCUT2D eigenvalue weighted by atomic mass is 9.89. The average molecular weight is 272 g/mol. The Morgan fingerprint density at radius 2 is 2.30 bits per heavy atom. The molecule has 0 saturated carbocycles. The van der Waals surface area contributed by atoms with E-state index in [1.54, 1.807) is 19.2 Å². The topological polar surface area (TPSA) is 73.6 Å². The number of methoxy groups -OCH3 is 1. The molecule has 3 atom stereocenters. The molecule has 0 radical (unpaired) electrons. The molecular weight excluding hydrogens is 256 g/mol. The van der Waals surface area contributed by atoms with Crippen molar-refractivity contribution in [3.63, 3.8) is 0 Å². The fourth-order valence-corrected chi connectivity index (χ4v) is 3.58. The Morgan fingerprint density at radius 3 is 2.90 bits per heavy atom. The maximum atomic E-state index is 11.3. The van der Waals surface area contributed by atoms with Crippen LogP contribution in [-0.4, -0.2) is 30.3 Å². The van der Waals surface area contributed by atoms with Gasteiger partial charge in [-0.25, -0.2) is 0 Å². The first kappa shape index (κ1) is 12.8. The third-order valence-corrected chi connectivity index (χ3v) is 4.46. The molecule has 1 aromatic carbocycles. The van der Waals surface area contributed by atoms with Gasteiger partial charge in [-0.2, -0.15) is 5.26 Å². The fraction of sp³-hybridized carbons (Fsp3) is 0.467. The molecule has 1 N–H and O–H groups in total. The number of ether oxygens (including phenoxy) is 1. The zero-order valence-electron chi connectivity index (χ0n) is 11.2. The maximum Gasteiger partial charge on any atom is 0.308 e. The Morgan fingerprint density at radius 1 is 1.50 bits per heavy atom. The summed E-state index contributed by atoms with van der Waals surface area (Å²) in [5.41, 5.74) is 1.39. The Bertz CT molecular complexity index is 593. The van der Waals surface area contributed by atoms with Gasteiger partial charge >= 0.3 is 5.97 Å². The summed E-state index contributed by atoms with van der Waals surface area (Å²) in [5.74, 6) is -0.368. The Kier molecular flexibility index (Phi) is 3.01. The molecule has 2 saturated heterocycles. The molecule has 5 heteroatoms. The summed E-state index contributed by atoms with van der Waals surface area (Å²) in [6.07, 6.45) is 2.54. The van der Waals surface area contributed by atoms with Crippen molar-refractivity contribution in [2.45, 2.75) is 31.3 Å². The monoisotopic (exact) mass is 272 g/mol. The highest BCUT2D eigenvalue weighted by molar-refractivity contribution is 5.75. The second kappa shape index (κ2) is 4.71. The summed E-state index contributed by atoms with van der Waals surface area (Å²) in [7, 11) is 1.59. The number of nitriles is 1. The SMILES string of the molecule is COc1ccc(C#N)c(N2C3CCC2C(C(=O)O)C3)c1. The van der Waals surface area contributed by atoms with Crippen molar-refractivity contribution in [2.75, 3.05) is 12.0 Å². The predicted octanol–water partition coefficient (Wildman–Crippen LogP) is 2.01. The Hall–Kier alpha value is -2.22. The number of fused-ring (bicyclic) bond motifs is 2. The van der Waals surface area contributed by atoms with E-state index in [9.17, 15) is 15.2 Å². The third kappa shape index (κ3) is 1.80. The van der Waals surface area contributed by atoms with E-state index in [-0.39, 0.29) is 18.0 Å². The number of nitrogens with zero attached hydrogens (tertiary/aromatic N) is 2. The van der Waals surface area contributed by atoms with Gasteiger partial charge in [0, 0.05) is 18.2 Å². The highest BCUT2D eigenvalue weighted by Crippen LogP contribution is 2.46. The molecule has 2 heterocycles. The predicted molar refractivity (Wildman–Crippen MR) is 72.7 cm³/mol. The molecule has 0 spiro atoms. The van der Waals surface area contributed by atoms with Crippen molar-refractivity contribution in [3.05, 3.63) is 23.8 Å². The van der Waals surface area contributed by atoms with Crippen LogP contribution in [0.15, 0.2) is 18.2 Å². The zero-order valence-corrected chi connectivity index (χ0v) is 11.2. The molecule has 1 aromatic rings. The van der Waals surface area contributed by atoms with Crippen molar-refractivity contribution in [3.8, 4) is 11.8 Å². The van der Waals surface area contributed by atoms with E-state index >= 15 is 0 Å². The lowest BCUT2D eigenvalue weighted by Gasteiger charge is -2.26. The first-order chi connectivity index (χ1) is 9.65. The van der Waals surface area contributed by atoms with Crippen LogP contribution in [0.4, 0.5) is 5.69 Å². The van der Waals surface area contributed by atoms with Gasteiger partial charge in [-0.05, 0) is 31.4 Å². The number of anilines is 1. The minimum Gasteiger partial charge on any atom is -0.497 e. The van der Waals surface area contributed by atoms with Gasteiger partial charge in [0.2, 0.25) is 0 Å². The smallest absolute Gasteiger partial charge is 0.308 e. The van der Waals surface area contributed by atoms with Crippen molar-refractivity contribution in [1.29, 1.82) is 5.26 Å². The first-order valence-corrected chi connectivity index (χ1v) is 6.75. The normalized spacial score (nSPS) is 27.4. The van der Waals surface area contributed by atoms with E-state index < -0.39 is 5.97 Å². The molecule has 0 amide bonds. The molecule has 3 rings (SSSR count).